The molecule has 1 N–H and O–H groups in total. The van der Waals surface area contributed by atoms with Gasteiger partial charge in [-0.05, 0) is 48.7 Å². The Morgan fingerprint density at radius 1 is 1.05 bits per heavy atom. The maximum absolute atomic E-state index is 12.8. The molecule has 0 saturated heterocycles. The summed E-state index contributed by atoms with van der Waals surface area (Å²) >= 11 is 0. The Bertz CT molecular complexity index is 751. The van der Waals surface area contributed by atoms with Crippen LogP contribution < -0.4 is 5.32 Å². The van der Waals surface area contributed by atoms with Crippen LogP contribution in [-0.4, -0.2) is 11.5 Å². The summed E-state index contributed by atoms with van der Waals surface area (Å²) in [6.45, 7) is 2.83. The van der Waals surface area contributed by atoms with Crippen molar-refractivity contribution in [1.82, 2.24) is 4.98 Å². The Morgan fingerprint density at radius 2 is 1.81 bits per heavy atom. The fraction of sp³-hybridized carbons (Fsp3) is 0.167. The standard InChI is InChI=1S/C18H17FN2/c1-13-12-15-4-2-3-5-17(15)21-18(13)20-11-10-14-6-8-16(19)9-7-14/h2-9,12H,10-11H2,1H3,(H,20,21). The number of rotatable bonds is 4. The van der Waals surface area contributed by atoms with Gasteiger partial charge in [-0.2, -0.15) is 0 Å². The highest BCUT2D eigenvalue weighted by molar-refractivity contribution is 5.81. The lowest BCUT2D eigenvalue weighted by molar-refractivity contribution is 0.627. The average molecular weight is 280 g/mol. The number of nitrogens with one attached hydrogen (secondary N) is 1. The summed E-state index contributed by atoms with van der Waals surface area (Å²) in [5, 5.41) is 4.52. The average Bonchev–Trinajstić information content (AvgIpc) is 2.50. The zero-order valence-electron chi connectivity index (χ0n) is 11.9. The predicted octanol–water partition coefficient (Wildman–Crippen LogP) is 4.34. The molecular formula is C18H17FN2. The van der Waals surface area contributed by atoms with E-state index in [-0.39, 0.29) is 5.82 Å². The number of nitrogens with zero attached hydrogens (tertiary/aromatic N) is 1. The maximum atomic E-state index is 12.8. The van der Waals surface area contributed by atoms with Crippen molar-refractivity contribution in [3.05, 3.63) is 71.5 Å². The van der Waals surface area contributed by atoms with Crippen molar-refractivity contribution in [2.24, 2.45) is 0 Å². The van der Waals surface area contributed by atoms with E-state index >= 15 is 0 Å². The van der Waals surface area contributed by atoms with Crippen LogP contribution in [0.15, 0.2) is 54.6 Å². The van der Waals surface area contributed by atoms with E-state index in [1.165, 1.54) is 12.1 Å². The van der Waals surface area contributed by atoms with Crippen molar-refractivity contribution in [2.75, 3.05) is 11.9 Å². The Labute approximate surface area is 123 Å². The molecule has 0 atom stereocenters. The molecule has 0 aliphatic heterocycles. The van der Waals surface area contributed by atoms with Crippen molar-refractivity contribution in [3.63, 3.8) is 0 Å². The Hall–Kier alpha value is -2.42. The monoisotopic (exact) mass is 280 g/mol. The van der Waals surface area contributed by atoms with Gasteiger partial charge in [0.25, 0.3) is 0 Å². The lowest BCUT2D eigenvalue weighted by Crippen LogP contribution is -2.07. The third-order valence-electron chi connectivity index (χ3n) is 3.53. The molecule has 0 fully saturated rings. The molecule has 3 heteroatoms. The largest absolute Gasteiger partial charge is 0.370 e. The van der Waals surface area contributed by atoms with Crippen molar-refractivity contribution in [2.45, 2.75) is 13.3 Å². The summed E-state index contributed by atoms with van der Waals surface area (Å²) in [5.41, 5.74) is 3.24. The number of pyridine rings is 1. The molecule has 0 saturated carbocycles. The Morgan fingerprint density at radius 3 is 2.62 bits per heavy atom. The second-order valence-corrected chi connectivity index (χ2v) is 5.15. The van der Waals surface area contributed by atoms with E-state index in [0.29, 0.717) is 0 Å². The molecule has 0 amide bonds. The summed E-state index contributed by atoms with van der Waals surface area (Å²) in [7, 11) is 0. The topological polar surface area (TPSA) is 24.9 Å². The van der Waals surface area contributed by atoms with Crippen molar-refractivity contribution in [3.8, 4) is 0 Å². The number of para-hydroxylation sites is 1. The first kappa shape index (κ1) is 13.6. The summed E-state index contributed by atoms with van der Waals surface area (Å²) in [5.74, 6) is 0.717. The molecule has 2 aromatic carbocycles. The smallest absolute Gasteiger partial charge is 0.129 e. The summed E-state index contributed by atoms with van der Waals surface area (Å²) in [6.07, 6.45) is 0.841. The van der Waals surface area contributed by atoms with Crippen LogP contribution >= 0.6 is 0 Å². The number of halogens is 1. The second-order valence-electron chi connectivity index (χ2n) is 5.15. The van der Waals surface area contributed by atoms with Gasteiger partial charge in [0.1, 0.15) is 11.6 Å². The first-order chi connectivity index (χ1) is 10.2. The summed E-state index contributed by atoms with van der Waals surface area (Å²) < 4.78 is 12.8. The van der Waals surface area contributed by atoms with E-state index in [2.05, 4.69) is 29.4 Å². The van der Waals surface area contributed by atoms with E-state index < -0.39 is 0 Å². The van der Waals surface area contributed by atoms with Crippen molar-refractivity contribution >= 4 is 16.7 Å². The van der Waals surface area contributed by atoms with Gasteiger partial charge >= 0.3 is 0 Å². The number of hydrogen-bond acceptors (Lipinski definition) is 2. The van der Waals surface area contributed by atoms with Crippen LogP contribution in [0, 0.1) is 12.7 Å². The van der Waals surface area contributed by atoms with Crippen LogP contribution in [-0.2, 0) is 6.42 Å². The number of fused-ring (bicyclic) bond motifs is 1. The van der Waals surface area contributed by atoms with Crippen LogP contribution in [0.25, 0.3) is 10.9 Å². The SMILES string of the molecule is Cc1cc2ccccc2nc1NCCc1ccc(F)cc1. The summed E-state index contributed by atoms with van der Waals surface area (Å²) in [4.78, 5) is 4.65. The molecule has 0 aliphatic carbocycles. The minimum atomic E-state index is -0.196. The minimum Gasteiger partial charge on any atom is -0.370 e. The van der Waals surface area contributed by atoms with Gasteiger partial charge in [0.15, 0.2) is 0 Å². The van der Waals surface area contributed by atoms with E-state index in [9.17, 15) is 4.39 Å². The zero-order valence-corrected chi connectivity index (χ0v) is 11.9. The van der Waals surface area contributed by atoms with Crippen LogP contribution in [0.2, 0.25) is 0 Å². The van der Waals surface area contributed by atoms with Crippen LogP contribution in [0.5, 0.6) is 0 Å². The van der Waals surface area contributed by atoms with E-state index in [0.717, 1.165) is 40.8 Å². The minimum absolute atomic E-state index is 0.196. The Kier molecular flexibility index (Phi) is 3.82. The molecular weight excluding hydrogens is 263 g/mol. The molecule has 3 rings (SSSR count). The molecule has 3 aromatic rings. The van der Waals surface area contributed by atoms with E-state index in [4.69, 9.17) is 0 Å². The van der Waals surface area contributed by atoms with Crippen molar-refractivity contribution < 1.29 is 4.39 Å². The molecule has 106 valence electrons. The molecule has 21 heavy (non-hydrogen) atoms. The highest BCUT2D eigenvalue weighted by atomic mass is 19.1. The van der Waals surface area contributed by atoms with Gasteiger partial charge < -0.3 is 5.32 Å². The van der Waals surface area contributed by atoms with Gasteiger partial charge in [0.05, 0.1) is 5.52 Å². The first-order valence-electron chi connectivity index (χ1n) is 7.07. The van der Waals surface area contributed by atoms with Gasteiger partial charge in [-0.25, -0.2) is 9.37 Å². The molecule has 0 spiro atoms. The first-order valence-corrected chi connectivity index (χ1v) is 7.07. The highest BCUT2D eigenvalue weighted by Crippen LogP contribution is 2.19. The van der Waals surface area contributed by atoms with E-state index in [1.54, 1.807) is 0 Å². The molecule has 2 nitrogen and oxygen atoms in total. The van der Waals surface area contributed by atoms with Gasteiger partial charge in [-0.1, -0.05) is 30.3 Å². The third-order valence-corrected chi connectivity index (χ3v) is 3.53. The van der Waals surface area contributed by atoms with Gasteiger partial charge in [-0.3, -0.25) is 0 Å². The number of aryl methyl sites for hydroxylation is 1. The third kappa shape index (κ3) is 3.19. The fourth-order valence-corrected chi connectivity index (χ4v) is 2.38. The molecule has 0 unspecified atom stereocenters. The number of anilines is 1. The van der Waals surface area contributed by atoms with Crippen LogP contribution in [0.1, 0.15) is 11.1 Å². The lowest BCUT2D eigenvalue weighted by atomic mass is 10.1. The highest BCUT2D eigenvalue weighted by Gasteiger charge is 2.03. The van der Waals surface area contributed by atoms with Gasteiger partial charge in [-0.15, -0.1) is 0 Å². The number of hydrogen-bond donors (Lipinski definition) is 1. The fourth-order valence-electron chi connectivity index (χ4n) is 2.38. The number of aromatic nitrogens is 1. The van der Waals surface area contributed by atoms with Crippen LogP contribution in [0.3, 0.4) is 0 Å². The maximum Gasteiger partial charge on any atom is 0.129 e. The van der Waals surface area contributed by atoms with E-state index in [1.807, 2.05) is 30.3 Å². The predicted molar refractivity (Wildman–Crippen MR) is 85.1 cm³/mol. The zero-order chi connectivity index (χ0) is 14.7. The molecule has 0 radical (unpaired) electrons. The van der Waals surface area contributed by atoms with Crippen molar-refractivity contribution in [1.29, 1.82) is 0 Å². The second kappa shape index (κ2) is 5.92. The van der Waals surface area contributed by atoms with Gasteiger partial charge in [0, 0.05) is 11.9 Å². The molecule has 1 aromatic heterocycles. The summed E-state index contributed by atoms with van der Waals surface area (Å²) in [6, 6.07) is 16.9. The van der Waals surface area contributed by atoms with Crippen LogP contribution in [0.4, 0.5) is 10.2 Å². The molecule has 0 aliphatic rings. The molecule has 1 heterocycles. The normalized spacial score (nSPS) is 10.8. The Balaban J connectivity index is 1.70. The quantitative estimate of drug-likeness (QED) is 0.769. The molecule has 0 bridgehead atoms. The number of benzene rings is 2. The van der Waals surface area contributed by atoms with Gasteiger partial charge in [0.2, 0.25) is 0 Å². The lowest BCUT2D eigenvalue weighted by Gasteiger charge is -2.10.